The first-order valence-corrected chi connectivity index (χ1v) is 12.8. The molecular weight excluding hydrogens is 476 g/mol. The highest BCUT2D eigenvalue weighted by Crippen LogP contribution is 2.42. The summed E-state index contributed by atoms with van der Waals surface area (Å²) in [5.74, 6) is 0.145. The number of likely N-dealkylation sites (tertiary alicyclic amines) is 1. The summed E-state index contributed by atoms with van der Waals surface area (Å²) in [4.78, 5) is 30.5. The van der Waals surface area contributed by atoms with Gasteiger partial charge in [-0.15, -0.1) is 0 Å². The Balaban J connectivity index is 1.49. The van der Waals surface area contributed by atoms with Crippen molar-refractivity contribution in [2.24, 2.45) is 0 Å². The number of aliphatic hydroxyl groups excluding tert-OH is 1. The summed E-state index contributed by atoms with van der Waals surface area (Å²) < 4.78 is 22.1. The molecule has 2 saturated heterocycles. The predicted octanol–water partition coefficient (Wildman–Crippen LogP) is 3.35. The van der Waals surface area contributed by atoms with Gasteiger partial charge in [0.05, 0.1) is 31.4 Å². The number of ketones is 1. The summed E-state index contributed by atoms with van der Waals surface area (Å²) in [6.07, 6.45) is 1.55. The lowest BCUT2D eigenvalue weighted by Crippen LogP contribution is -2.38. The van der Waals surface area contributed by atoms with Crippen LogP contribution in [0.15, 0.2) is 48.0 Å². The fourth-order valence-electron chi connectivity index (χ4n) is 4.94. The van der Waals surface area contributed by atoms with Crippen molar-refractivity contribution >= 4 is 17.4 Å². The number of carbonyl (C=O) groups is 2. The van der Waals surface area contributed by atoms with Gasteiger partial charge in [-0.1, -0.05) is 19.1 Å². The number of nitrogens with zero attached hydrogens (tertiary/aromatic N) is 2. The van der Waals surface area contributed by atoms with Crippen LogP contribution in [0.1, 0.15) is 36.9 Å². The third-order valence-electron chi connectivity index (χ3n) is 6.81. The minimum Gasteiger partial charge on any atom is -0.507 e. The topological polar surface area (TPSA) is 97.8 Å². The Labute approximate surface area is 216 Å². The number of ether oxygens (including phenoxy) is 4. The molecule has 2 aromatic carbocycles. The van der Waals surface area contributed by atoms with Gasteiger partial charge in [-0.3, -0.25) is 14.5 Å². The Hall–Kier alpha value is -3.56. The van der Waals surface area contributed by atoms with Crippen molar-refractivity contribution in [1.29, 1.82) is 0 Å². The standard InChI is InChI=1S/C28H32N2O7/c1-2-13-35-21-6-3-5-19(16-21)25-24(26(31)20-7-8-22-23(17-20)37-18-36-22)27(32)28(33)30(25)10-4-9-29-11-14-34-15-12-29/h3,5-8,16-17,25,31H,2,4,9-15,18H2,1H3/t25-/m0/s1. The number of carbonyl (C=O) groups excluding carboxylic acids is 2. The molecule has 0 spiro atoms. The van der Waals surface area contributed by atoms with Crippen molar-refractivity contribution in [2.45, 2.75) is 25.8 Å². The van der Waals surface area contributed by atoms with E-state index in [-0.39, 0.29) is 18.1 Å². The molecule has 0 saturated carbocycles. The molecule has 5 rings (SSSR count). The molecule has 9 heteroatoms. The zero-order valence-corrected chi connectivity index (χ0v) is 21.0. The molecule has 0 radical (unpaired) electrons. The molecule has 196 valence electrons. The van der Waals surface area contributed by atoms with Crippen LogP contribution in [0.2, 0.25) is 0 Å². The van der Waals surface area contributed by atoms with Crippen LogP contribution in [0, 0.1) is 0 Å². The number of amides is 1. The lowest BCUT2D eigenvalue weighted by Gasteiger charge is -2.29. The summed E-state index contributed by atoms with van der Waals surface area (Å²) in [6.45, 7) is 6.95. The molecule has 0 unspecified atom stereocenters. The molecule has 2 fully saturated rings. The Morgan fingerprint density at radius 3 is 2.68 bits per heavy atom. The summed E-state index contributed by atoms with van der Waals surface area (Å²) in [5.41, 5.74) is 1.16. The van der Waals surface area contributed by atoms with Gasteiger partial charge in [0.1, 0.15) is 11.5 Å². The third kappa shape index (κ3) is 5.28. The van der Waals surface area contributed by atoms with E-state index in [0.29, 0.717) is 61.2 Å². The molecule has 1 amide bonds. The summed E-state index contributed by atoms with van der Waals surface area (Å²) in [6, 6.07) is 11.6. The molecule has 0 aromatic heterocycles. The molecule has 3 heterocycles. The molecule has 0 aliphatic carbocycles. The minimum atomic E-state index is -0.736. The van der Waals surface area contributed by atoms with E-state index in [1.54, 1.807) is 23.1 Å². The first-order valence-electron chi connectivity index (χ1n) is 12.8. The van der Waals surface area contributed by atoms with Crippen LogP contribution in [0.5, 0.6) is 17.2 Å². The maximum absolute atomic E-state index is 13.3. The molecule has 3 aliphatic rings. The lowest BCUT2D eigenvalue weighted by molar-refractivity contribution is -0.140. The van der Waals surface area contributed by atoms with E-state index in [1.165, 1.54) is 0 Å². The van der Waals surface area contributed by atoms with Gasteiger partial charge in [-0.25, -0.2) is 0 Å². The monoisotopic (exact) mass is 508 g/mol. The van der Waals surface area contributed by atoms with Crippen molar-refractivity contribution < 1.29 is 33.6 Å². The van der Waals surface area contributed by atoms with E-state index in [2.05, 4.69) is 4.90 Å². The minimum absolute atomic E-state index is 0.0582. The number of aliphatic hydroxyl groups is 1. The quantitative estimate of drug-likeness (QED) is 0.313. The second-order valence-corrected chi connectivity index (χ2v) is 9.29. The van der Waals surface area contributed by atoms with Gasteiger partial charge in [0.2, 0.25) is 6.79 Å². The Bertz CT molecular complexity index is 1190. The molecule has 1 atom stereocenters. The predicted molar refractivity (Wildman–Crippen MR) is 136 cm³/mol. The summed E-state index contributed by atoms with van der Waals surface area (Å²) in [7, 11) is 0. The zero-order chi connectivity index (χ0) is 25.8. The van der Waals surface area contributed by atoms with Crippen molar-refractivity contribution in [3.05, 3.63) is 59.2 Å². The highest BCUT2D eigenvalue weighted by Gasteiger charge is 2.46. The van der Waals surface area contributed by atoms with Crippen molar-refractivity contribution in [3.8, 4) is 17.2 Å². The third-order valence-corrected chi connectivity index (χ3v) is 6.81. The van der Waals surface area contributed by atoms with E-state index >= 15 is 0 Å². The lowest BCUT2D eigenvalue weighted by atomic mass is 9.95. The largest absolute Gasteiger partial charge is 0.507 e. The van der Waals surface area contributed by atoms with E-state index in [4.69, 9.17) is 18.9 Å². The van der Waals surface area contributed by atoms with Crippen LogP contribution in [0.4, 0.5) is 0 Å². The normalized spacial score (nSPS) is 21.0. The average Bonchev–Trinajstić information content (AvgIpc) is 3.50. The molecule has 2 aromatic rings. The van der Waals surface area contributed by atoms with Crippen LogP contribution in [0.3, 0.4) is 0 Å². The summed E-state index contributed by atoms with van der Waals surface area (Å²) >= 11 is 0. The number of fused-ring (bicyclic) bond motifs is 1. The van der Waals surface area contributed by atoms with Crippen molar-refractivity contribution in [3.63, 3.8) is 0 Å². The van der Waals surface area contributed by atoms with Crippen LogP contribution in [0.25, 0.3) is 5.76 Å². The van der Waals surface area contributed by atoms with Crippen molar-refractivity contribution in [2.75, 3.05) is 52.8 Å². The zero-order valence-electron chi connectivity index (χ0n) is 21.0. The van der Waals surface area contributed by atoms with Crippen LogP contribution in [-0.2, 0) is 14.3 Å². The van der Waals surface area contributed by atoms with Gasteiger partial charge in [-0.05, 0) is 48.7 Å². The van der Waals surface area contributed by atoms with Crippen LogP contribution >= 0.6 is 0 Å². The maximum Gasteiger partial charge on any atom is 0.295 e. The number of hydrogen-bond donors (Lipinski definition) is 1. The molecular formula is C28H32N2O7. The van der Waals surface area contributed by atoms with Crippen LogP contribution < -0.4 is 14.2 Å². The number of Topliss-reactive ketones (excluding diaryl/α,β-unsaturated/α-hetero) is 1. The van der Waals surface area contributed by atoms with E-state index in [9.17, 15) is 14.7 Å². The van der Waals surface area contributed by atoms with Crippen LogP contribution in [-0.4, -0.2) is 79.4 Å². The van der Waals surface area contributed by atoms with Crippen molar-refractivity contribution in [1.82, 2.24) is 9.80 Å². The number of benzene rings is 2. The fourth-order valence-corrected chi connectivity index (χ4v) is 4.94. The average molecular weight is 509 g/mol. The smallest absolute Gasteiger partial charge is 0.295 e. The highest BCUT2D eigenvalue weighted by atomic mass is 16.7. The maximum atomic E-state index is 13.3. The molecule has 9 nitrogen and oxygen atoms in total. The summed E-state index contributed by atoms with van der Waals surface area (Å²) in [5, 5.41) is 11.4. The second-order valence-electron chi connectivity index (χ2n) is 9.29. The first kappa shape index (κ1) is 25.1. The van der Waals surface area contributed by atoms with Gasteiger partial charge in [0.25, 0.3) is 11.7 Å². The van der Waals surface area contributed by atoms with Gasteiger partial charge in [0.15, 0.2) is 11.5 Å². The Morgan fingerprint density at radius 2 is 1.86 bits per heavy atom. The first-order chi connectivity index (χ1) is 18.1. The van der Waals surface area contributed by atoms with Gasteiger partial charge in [0, 0.05) is 31.7 Å². The number of morpholine rings is 1. The van der Waals surface area contributed by atoms with Gasteiger partial charge < -0.3 is 29.0 Å². The van der Waals surface area contributed by atoms with E-state index < -0.39 is 17.7 Å². The molecule has 1 N–H and O–H groups in total. The Kier molecular flexibility index (Phi) is 7.62. The second kappa shape index (κ2) is 11.2. The SMILES string of the molecule is CCCOc1cccc([C@H]2C(=C(O)c3ccc4c(c3)OCO4)C(=O)C(=O)N2CCCN2CCOCC2)c1. The molecule has 0 bridgehead atoms. The Morgan fingerprint density at radius 1 is 1.05 bits per heavy atom. The van der Waals surface area contributed by atoms with E-state index in [1.807, 2.05) is 31.2 Å². The highest BCUT2D eigenvalue weighted by molar-refractivity contribution is 6.46. The number of rotatable bonds is 9. The molecule has 3 aliphatic heterocycles. The fraction of sp³-hybridized carbons (Fsp3) is 0.429. The van der Waals surface area contributed by atoms with Gasteiger partial charge >= 0.3 is 0 Å². The van der Waals surface area contributed by atoms with Gasteiger partial charge in [-0.2, -0.15) is 0 Å². The molecule has 37 heavy (non-hydrogen) atoms. The number of hydrogen-bond acceptors (Lipinski definition) is 8. The van der Waals surface area contributed by atoms with E-state index in [0.717, 1.165) is 26.1 Å².